The molecule has 1 aromatic rings. The van der Waals surface area contributed by atoms with Crippen molar-refractivity contribution in [2.75, 3.05) is 12.0 Å². The third kappa shape index (κ3) is 3.51. The maximum Gasteiger partial charge on any atom is 0.149 e. The van der Waals surface area contributed by atoms with E-state index in [-0.39, 0.29) is 5.84 Å². The fraction of sp³-hybridized carbons (Fsp3) is 0.222. The molecule has 1 rings (SSSR count). The Bertz CT molecular complexity index is 311. The van der Waals surface area contributed by atoms with Gasteiger partial charge in [0.2, 0.25) is 0 Å². The quantitative estimate of drug-likeness (QED) is 0.273. The Morgan fingerprint density at radius 1 is 1.36 bits per heavy atom. The Labute approximate surface area is 91.8 Å². The molecule has 0 aliphatic carbocycles. The maximum absolute atomic E-state index is 8.34. The van der Waals surface area contributed by atoms with Crippen molar-refractivity contribution in [2.24, 2.45) is 10.9 Å². The third-order valence-corrected chi connectivity index (χ3v) is 3.36. The molecular weight excluding hydrogens is 216 g/mol. The number of thioether (sulfide) groups is 2. The summed E-state index contributed by atoms with van der Waals surface area (Å²) in [7, 11) is 0. The highest BCUT2D eigenvalue weighted by Gasteiger charge is 1.97. The van der Waals surface area contributed by atoms with Gasteiger partial charge in [0, 0.05) is 9.79 Å². The Hall–Kier alpha value is -0.810. The second-order valence-corrected chi connectivity index (χ2v) is 4.48. The highest BCUT2D eigenvalue weighted by molar-refractivity contribution is 8.00. The predicted molar refractivity (Wildman–Crippen MR) is 62.4 cm³/mol. The summed E-state index contributed by atoms with van der Waals surface area (Å²) in [5, 5.41) is 11.2. The first kappa shape index (κ1) is 11.3. The lowest BCUT2D eigenvalue weighted by atomic mass is 10.4. The molecule has 0 heterocycles. The first-order valence-electron chi connectivity index (χ1n) is 3.99. The van der Waals surface area contributed by atoms with Gasteiger partial charge in [-0.2, -0.15) is 0 Å². The molecule has 0 fully saturated rings. The summed E-state index contributed by atoms with van der Waals surface area (Å²) in [5.74, 6) is 0.749. The van der Waals surface area contributed by atoms with Crippen LogP contribution in [0.15, 0.2) is 39.2 Å². The number of hydrogen-bond acceptors (Lipinski definition) is 4. The van der Waals surface area contributed by atoms with Gasteiger partial charge in [-0.25, -0.2) is 0 Å². The van der Waals surface area contributed by atoms with Crippen LogP contribution in [0.1, 0.15) is 0 Å². The molecule has 0 saturated carbocycles. The van der Waals surface area contributed by atoms with Crippen LogP contribution in [0.4, 0.5) is 0 Å². The van der Waals surface area contributed by atoms with Gasteiger partial charge in [0.1, 0.15) is 5.84 Å². The van der Waals surface area contributed by atoms with Crippen molar-refractivity contribution >= 4 is 29.4 Å². The molecule has 5 heteroatoms. The molecule has 3 nitrogen and oxygen atoms in total. The standard InChI is InChI=1S/C9H12N2OS2/c1-13-7-2-4-8(5-3-7)14-6-9(10)11-12/h2-5,12H,6H2,1H3,(H2,10,11). The van der Waals surface area contributed by atoms with E-state index in [0.29, 0.717) is 5.75 Å². The Morgan fingerprint density at radius 3 is 2.43 bits per heavy atom. The minimum absolute atomic E-state index is 0.240. The molecule has 0 unspecified atom stereocenters. The highest BCUT2D eigenvalue weighted by Crippen LogP contribution is 2.21. The molecule has 76 valence electrons. The summed E-state index contributed by atoms with van der Waals surface area (Å²) in [6.07, 6.45) is 2.04. The number of benzene rings is 1. The number of amidine groups is 1. The van der Waals surface area contributed by atoms with Crippen LogP contribution in [-0.2, 0) is 0 Å². The minimum atomic E-state index is 0.240. The fourth-order valence-electron chi connectivity index (χ4n) is 0.858. The van der Waals surface area contributed by atoms with Gasteiger partial charge in [-0.3, -0.25) is 0 Å². The molecule has 0 aromatic heterocycles. The van der Waals surface area contributed by atoms with Crippen LogP contribution in [0.25, 0.3) is 0 Å². The van der Waals surface area contributed by atoms with Crippen molar-refractivity contribution in [2.45, 2.75) is 9.79 Å². The Balaban J connectivity index is 2.52. The van der Waals surface area contributed by atoms with E-state index in [0.717, 1.165) is 4.90 Å². The van der Waals surface area contributed by atoms with Crippen molar-refractivity contribution in [3.8, 4) is 0 Å². The Kier molecular flexibility index (Phi) is 4.69. The van der Waals surface area contributed by atoms with Gasteiger partial charge < -0.3 is 10.9 Å². The van der Waals surface area contributed by atoms with E-state index in [2.05, 4.69) is 17.3 Å². The molecule has 0 bridgehead atoms. The van der Waals surface area contributed by atoms with Gasteiger partial charge >= 0.3 is 0 Å². The maximum atomic E-state index is 8.34. The number of nitrogens with two attached hydrogens (primary N) is 1. The summed E-state index contributed by atoms with van der Waals surface area (Å²) < 4.78 is 0. The van der Waals surface area contributed by atoms with Gasteiger partial charge in [0.15, 0.2) is 0 Å². The van der Waals surface area contributed by atoms with E-state index in [4.69, 9.17) is 10.9 Å². The molecular formula is C9H12N2OS2. The SMILES string of the molecule is CSc1ccc(SC/C(N)=N\O)cc1. The molecule has 14 heavy (non-hydrogen) atoms. The summed E-state index contributed by atoms with van der Waals surface area (Å²) >= 11 is 3.26. The third-order valence-electron chi connectivity index (χ3n) is 1.57. The zero-order valence-electron chi connectivity index (χ0n) is 7.80. The molecule has 0 atom stereocenters. The first-order chi connectivity index (χ1) is 6.76. The zero-order chi connectivity index (χ0) is 10.4. The van der Waals surface area contributed by atoms with Crippen molar-refractivity contribution in [3.05, 3.63) is 24.3 Å². The lowest BCUT2D eigenvalue weighted by Crippen LogP contribution is -2.13. The largest absolute Gasteiger partial charge is 0.409 e. The van der Waals surface area contributed by atoms with Crippen LogP contribution >= 0.6 is 23.5 Å². The highest BCUT2D eigenvalue weighted by atomic mass is 32.2. The number of rotatable bonds is 4. The molecule has 3 N–H and O–H groups in total. The van der Waals surface area contributed by atoms with Crippen LogP contribution in [0.5, 0.6) is 0 Å². The lowest BCUT2D eigenvalue weighted by Gasteiger charge is -2.01. The predicted octanol–water partition coefficient (Wildman–Crippen LogP) is 2.25. The van der Waals surface area contributed by atoms with E-state index >= 15 is 0 Å². The molecule has 0 amide bonds. The lowest BCUT2D eigenvalue weighted by molar-refractivity contribution is 0.318. The molecule has 0 radical (unpaired) electrons. The van der Waals surface area contributed by atoms with Crippen molar-refractivity contribution in [3.63, 3.8) is 0 Å². The van der Waals surface area contributed by atoms with Gasteiger partial charge in [-0.1, -0.05) is 5.16 Å². The van der Waals surface area contributed by atoms with Crippen molar-refractivity contribution in [1.82, 2.24) is 0 Å². The second-order valence-electron chi connectivity index (χ2n) is 2.56. The van der Waals surface area contributed by atoms with Crippen molar-refractivity contribution in [1.29, 1.82) is 0 Å². The first-order valence-corrected chi connectivity index (χ1v) is 6.20. The number of hydrogen-bond donors (Lipinski definition) is 2. The average molecular weight is 228 g/mol. The van der Waals surface area contributed by atoms with Crippen LogP contribution in [0, 0.1) is 0 Å². The molecule has 0 spiro atoms. The summed E-state index contributed by atoms with van der Waals surface area (Å²) in [5.41, 5.74) is 5.35. The van der Waals surface area contributed by atoms with E-state index in [9.17, 15) is 0 Å². The number of oxime groups is 1. The molecule has 1 aromatic carbocycles. The molecule has 0 aliphatic heterocycles. The van der Waals surface area contributed by atoms with Crippen LogP contribution in [-0.4, -0.2) is 23.1 Å². The fourth-order valence-corrected chi connectivity index (χ4v) is 1.97. The number of nitrogens with zero attached hydrogens (tertiary/aromatic N) is 1. The molecule has 0 saturated heterocycles. The summed E-state index contributed by atoms with van der Waals surface area (Å²) in [4.78, 5) is 2.35. The van der Waals surface area contributed by atoms with E-state index in [1.165, 1.54) is 4.90 Å². The topological polar surface area (TPSA) is 58.6 Å². The molecule has 0 aliphatic rings. The average Bonchev–Trinajstić information content (AvgIpc) is 2.26. The summed E-state index contributed by atoms with van der Waals surface area (Å²) in [6.45, 7) is 0. The summed E-state index contributed by atoms with van der Waals surface area (Å²) in [6, 6.07) is 8.17. The van der Waals surface area contributed by atoms with Gasteiger partial charge in [-0.05, 0) is 30.5 Å². The minimum Gasteiger partial charge on any atom is -0.409 e. The van der Waals surface area contributed by atoms with Crippen LogP contribution in [0.2, 0.25) is 0 Å². The monoisotopic (exact) mass is 228 g/mol. The second kappa shape index (κ2) is 5.82. The van der Waals surface area contributed by atoms with Crippen molar-refractivity contribution < 1.29 is 5.21 Å². The Morgan fingerprint density at radius 2 is 1.93 bits per heavy atom. The van der Waals surface area contributed by atoms with Crippen LogP contribution in [0.3, 0.4) is 0 Å². The van der Waals surface area contributed by atoms with Gasteiger partial charge in [-0.15, -0.1) is 23.5 Å². The van der Waals surface area contributed by atoms with Gasteiger partial charge in [0.05, 0.1) is 5.75 Å². The zero-order valence-corrected chi connectivity index (χ0v) is 9.44. The smallest absolute Gasteiger partial charge is 0.149 e. The van der Waals surface area contributed by atoms with Gasteiger partial charge in [0.25, 0.3) is 0 Å². The normalized spacial score (nSPS) is 11.6. The van der Waals surface area contributed by atoms with Crippen LogP contribution < -0.4 is 5.73 Å². The van der Waals surface area contributed by atoms with E-state index in [1.54, 1.807) is 23.5 Å². The van der Waals surface area contributed by atoms with E-state index < -0.39 is 0 Å². The van der Waals surface area contributed by atoms with E-state index in [1.807, 2.05) is 18.4 Å².